The van der Waals surface area contributed by atoms with E-state index in [0.29, 0.717) is 0 Å². The van der Waals surface area contributed by atoms with Crippen LogP contribution >= 0.6 is 10.5 Å². The Morgan fingerprint density at radius 3 is 2.58 bits per heavy atom. The average molecular weight is 336 g/mol. The van der Waals surface area contributed by atoms with Crippen LogP contribution in [0.3, 0.4) is 0 Å². The van der Waals surface area contributed by atoms with Crippen LogP contribution in [0.25, 0.3) is 22.2 Å². The molecular weight excluding hydrogens is 310 g/mol. The van der Waals surface area contributed by atoms with E-state index < -0.39 is 0 Å². The normalized spacial score (nSPS) is 14.7. The Hall–Kier alpha value is -1.80. The first-order valence-electron chi connectivity index (χ1n) is 8.52. The summed E-state index contributed by atoms with van der Waals surface area (Å²) in [6, 6.07) is 15.9. The van der Waals surface area contributed by atoms with Crippen molar-refractivity contribution in [1.29, 1.82) is 0 Å². The third-order valence-corrected chi connectivity index (χ3v) is 5.72. The molecule has 1 heterocycles. The van der Waals surface area contributed by atoms with Crippen LogP contribution in [0.5, 0.6) is 0 Å². The molecule has 2 heteroatoms. The molecule has 4 rings (SSSR count). The lowest BCUT2D eigenvalue weighted by Gasteiger charge is -2.19. The van der Waals surface area contributed by atoms with Gasteiger partial charge in [0.05, 0.1) is 11.6 Å². The zero-order valence-corrected chi connectivity index (χ0v) is 15.8. The topological polar surface area (TPSA) is 4.93 Å². The number of nitrogens with zero attached hydrogens (tertiary/aromatic N) is 1. The van der Waals surface area contributed by atoms with Gasteiger partial charge >= 0.3 is 0 Å². The van der Waals surface area contributed by atoms with Gasteiger partial charge in [-0.1, -0.05) is 57.0 Å². The molecule has 1 nitrogen and oxygen atoms in total. The molecule has 3 aromatic rings. The lowest BCUT2D eigenvalue weighted by molar-refractivity contribution is 0.591. The second-order valence-electron chi connectivity index (χ2n) is 7.98. The van der Waals surface area contributed by atoms with Crippen molar-refractivity contribution in [2.24, 2.45) is 0 Å². The number of hydrogen-bond acceptors (Lipinski definition) is 0. The molecule has 124 valence electrons. The largest absolute Gasteiger partial charge is 0.331 e. The van der Waals surface area contributed by atoms with Crippen LogP contribution in [0, 0.1) is 0 Å². The van der Waals surface area contributed by atoms with Crippen molar-refractivity contribution in [2.75, 3.05) is 6.26 Å². The Balaban J connectivity index is 2.04. The summed E-state index contributed by atoms with van der Waals surface area (Å²) in [6.45, 7) is 6.87. The highest BCUT2D eigenvalue weighted by molar-refractivity contribution is 8.12. The molecule has 1 aliphatic rings. The smallest absolute Gasteiger partial charge is 0.0632 e. The van der Waals surface area contributed by atoms with Crippen molar-refractivity contribution in [3.05, 3.63) is 59.2 Å². The first kappa shape index (κ1) is 15.7. The van der Waals surface area contributed by atoms with Crippen molar-refractivity contribution < 1.29 is 0 Å². The predicted molar refractivity (Wildman–Crippen MR) is 110 cm³/mol. The van der Waals surface area contributed by atoms with E-state index >= 15 is 0 Å². The first-order valence-corrected chi connectivity index (χ1v) is 10.5. The number of aromatic nitrogens is 1. The summed E-state index contributed by atoms with van der Waals surface area (Å²) in [5, 5.41) is 1.43. The third kappa shape index (κ3) is 2.36. The highest BCUT2D eigenvalue weighted by Crippen LogP contribution is 2.44. The van der Waals surface area contributed by atoms with Gasteiger partial charge in [0, 0.05) is 22.9 Å². The van der Waals surface area contributed by atoms with Crippen LogP contribution in [0.15, 0.2) is 42.5 Å². The molecule has 0 fully saturated rings. The summed E-state index contributed by atoms with van der Waals surface area (Å²) < 4.78 is 2.51. The van der Waals surface area contributed by atoms with E-state index in [0.717, 1.165) is 12.3 Å². The standard InChI is InChI=1S/C22H25NS/c1-22(2,3)16-10-11-20-18(13-16)19-12-15-8-6-7-9-17(15)21(19)23(20)14-24(4)5/h6-11,13H,4,12,14H2,1-3,5H3. The Morgan fingerprint density at radius 2 is 1.88 bits per heavy atom. The monoisotopic (exact) mass is 335 g/mol. The molecule has 1 atom stereocenters. The SMILES string of the molecule is C=S(C)Cn1c2c(c3cc(C(C)(C)C)ccc31)Cc1ccccc1-2. The van der Waals surface area contributed by atoms with Crippen LogP contribution < -0.4 is 0 Å². The van der Waals surface area contributed by atoms with Crippen LogP contribution in [0.2, 0.25) is 0 Å². The summed E-state index contributed by atoms with van der Waals surface area (Å²) in [5.74, 6) is 5.26. The van der Waals surface area contributed by atoms with Gasteiger partial charge in [-0.2, -0.15) is 10.5 Å². The quantitative estimate of drug-likeness (QED) is 0.408. The van der Waals surface area contributed by atoms with Gasteiger partial charge in [-0.3, -0.25) is 0 Å². The van der Waals surface area contributed by atoms with Gasteiger partial charge in [0.15, 0.2) is 0 Å². The molecule has 0 saturated carbocycles. The fourth-order valence-corrected chi connectivity index (χ4v) is 4.54. The van der Waals surface area contributed by atoms with Gasteiger partial charge in [0.1, 0.15) is 0 Å². The first-order chi connectivity index (χ1) is 11.4. The summed E-state index contributed by atoms with van der Waals surface area (Å²) in [6.07, 6.45) is 3.28. The third-order valence-electron chi connectivity index (χ3n) is 5.02. The maximum Gasteiger partial charge on any atom is 0.0632 e. The second-order valence-corrected chi connectivity index (χ2v) is 9.80. The summed E-state index contributed by atoms with van der Waals surface area (Å²) in [5.41, 5.74) is 8.75. The van der Waals surface area contributed by atoms with E-state index in [1.165, 1.54) is 38.9 Å². The Morgan fingerprint density at radius 1 is 1.12 bits per heavy atom. The Kier molecular flexibility index (Phi) is 3.50. The van der Waals surface area contributed by atoms with Gasteiger partial charge in [-0.05, 0) is 40.5 Å². The molecule has 0 spiro atoms. The summed E-state index contributed by atoms with van der Waals surface area (Å²) >= 11 is 0. The van der Waals surface area contributed by atoms with Gasteiger partial charge in [0.25, 0.3) is 0 Å². The van der Waals surface area contributed by atoms with E-state index in [1.807, 2.05) is 0 Å². The molecular formula is C22H25NS. The van der Waals surface area contributed by atoms with E-state index in [2.05, 4.69) is 79.9 Å². The van der Waals surface area contributed by atoms with Crippen LogP contribution in [-0.2, 0) is 17.7 Å². The van der Waals surface area contributed by atoms with Gasteiger partial charge < -0.3 is 4.57 Å². The van der Waals surface area contributed by atoms with Crippen molar-refractivity contribution >= 4 is 27.3 Å². The van der Waals surface area contributed by atoms with Crippen molar-refractivity contribution in [2.45, 2.75) is 38.5 Å². The fraction of sp³-hybridized carbons (Fsp3) is 0.318. The van der Waals surface area contributed by atoms with Crippen molar-refractivity contribution in [3.63, 3.8) is 0 Å². The number of benzene rings is 2. The van der Waals surface area contributed by atoms with Gasteiger partial charge in [-0.15, -0.1) is 0 Å². The average Bonchev–Trinajstić information content (AvgIpc) is 3.02. The Labute approximate surface area is 147 Å². The number of rotatable bonds is 2. The zero-order valence-electron chi connectivity index (χ0n) is 15.0. The molecule has 0 aliphatic heterocycles. The summed E-state index contributed by atoms with van der Waals surface area (Å²) in [7, 11) is 0.120. The number of fused-ring (bicyclic) bond motifs is 5. The van der Waals surface area contributed by atoms with E-state index in [9.17, 15) is 0 Å². The molecule has 1 aliphatic carbocycles. The molecule has 0 amide bonds. The highest BCUT2D eigenvalue weighted by Gasteiger charge is 2.27. The minimum absolute atomic E-state index is 0.120. The predicted octanol–water partition coefficient (Wildman–Crippen LogP) is 5.80. The molecule has 24 heavy (non-hydrogen) atoms. The molecule has 1 aromatic heterocycles. The molecule has 0 radical (unpaired) electrons. The molecule has 1 unspecified atom stereocenters. The van der Waals surface area contributed by atoms with E-state index in [-0.39, 0.29) is 15.9 Å². The lowest BCUT2D eigenvalue weighted by atomic mass is 9.86. The molecule has 0 bridgehead atoms. The van der Waals surface area contributed by atoms with Crippen LogP contribution in [0.4, 0.5) is 0 Å². The second kappa shape index (κ2) is 5.35. The molecule has 2 aromatic carbocycles. The fourth-order valence-electron chi connectivity index (χ4n) is 3.83. The zero-order chi connectivity index (χ0) is 17.1. The lowest BCUT2D eigenvalue weighted by Crippen LogP contribution is -2.10. The minimum atomic E-state index is 0.120. The van der Waals surface area contributed by atoms with Crippen molar-refractivity contribution in [1.82, 2.24) is 4.57 Å². The van der Waals surface area contributed by atoms with E-state index in [1.54, 1.807) is 0 Å². The minimum Gasteiger partial charge on any atom is -0.331 e. The van der Waals surface area contributed by atoms with Gasteiger partial charge in [-0.25, -0.2) is 0 Å². The molecule has 0 saturated heterocycles. The Bertz CT molecular complexity index is 970. The maximum absolute atomic E-state index is 4.27. The van der Waals surface area contributed by atoms with Crippen molar-refractivity contribution in [3.8, 4) is 11.3 Å². The number of hydrogen-bond donors (Lipinski definition) is 0. The van der Waals surface area contributed by atoms with E-state index in [4.69, 9.17) is 0 Å². The maximum atomic E-state index is 4.27. The highest BCUT2D eigenvalue weighted by atomic mass is 32.2. The molecule has 0 N–H and O–H groups in total. The van der Waals surface area contributed by atoms with Gasteiger partial charge in [0.2, 0.25) is 0 Å². The summed E-state index contributed by atoms with van der Waals surface area (Å²) in [4.78, 5) is 0. The van der Waals surface area contributed by atoms with Crippen LogP contribution in [0.1, 0.15) is 37.5 Å². The van der Waals surface area contributed by atoms with Crippen LogP contribution in [-0.4, -0.2) is 16.7 Å².